The summed E-state index contributed by atoms with van der Waals surface area (Å²) in [4.78, 5) is 0. The molecule has 0 fully saturated rings. The van der Waals surface area contributed by atoms with Crippen LogP contribution in [0.5, 0.6) is 5.75 Å². The highest BCUT2D eigenvalue weighted by Crippen LogP contribution is 2.23. The van der Waals surface area contributed by atoms with E-state index in [1.165, 1.54) is 12.1 Å². The molecule has 0 amide bonds. The number of hydrogen-bond donors (Lipinski definition) is 2. The quantitative estimate of drug-likeness (QED) is 0.868. The lowest BCUT2D eigenvalue weighted by atomic mass is 10.0. The summed E-state index contributed by atoms with van der Waals surface area (Å²) in [7, 11) is 0. The molecule has 0 spiro atoms. The summed E-state index contributed by atoms with van der Waals surface area (Å²) in [6.45, 7) is 4.11. The Morgan fingerprint density at radius 1 is 1.05 bits per heavy atom. The van der Waals surface area contributed by atoms with Crippen molar-refractivity contribution in [3.8, 4) is 5.75 Å². The van der Waals surface area contributed by atoms with Gasteiger partial charge in [0, 0.05) is 17.6 Å². The average molecular weight is 273 g/mol. The van der Waals surface area contributed by atoms with E-state index >= 15 is 0 Å². The maximum Gasteiger partial charge on any atom is 0.123 e. The van der Waals surface area contributed by atoms with E-state index in [2.05, 4.69) is 12.2 Å². The fourth-order valence-electron chi connectivity index (χ4n) is 2.40. The highest BCUT2D eigenvalue weighted by Gasteiger charge is 2.12. The number of halogens is 1. The van der Waals surface area contributed by atoms with Crippen LogP contribution in [0, 0.1) is 5.82 Å². The molecular formula is C17H20FNO. The zero-order valence-electron chi connectivity index (χ0n) is 11.8. The molecule has 0 aliphatic heterocycles. The summed E-state index contributed by atoms with van der Waals surface area (Å²) < 4.78 is 12.9. The first-order chi connectivity index (χ1) is 9.56. The Balaban J connectivity index is 1.96. The van der Waals surface area contributed by atoms with Gasteiger partial charge in [-0.1, -0.05) is 30.3 Å². The van der Waals surface area contributed by atoms with Crippen LogP contribution >= 0.6 is 0 Å². The normalized spacial score (nSPS) is 13.9. The van der Waals surface area contributed by atoms with Crippen LogP contribution < -0.4 is 5.32 Å². The van der Waals surface area contributed by atoms with E-state index in [0.29, 0.717) is 5.75 Å². The summed E-state index contributed by atoms with van der Waals surface area (Å²) in [5, 5.41) is 13.3. The van der Waals surface area contributed by atoms with Crippen LogP contribution in [0.15, 0.2) is 48.5 Å². The topological polar surface area (TPSA) is 32.3 Å². The Kier molecular flexibility index (Phi) is 4.74. The number of hydrogen-bond acceptors (Lipinski definition) is 2. The van der Waals surface area contributed by atoms with Crippen LogP contribution in [0.25, 0.3) is 0 Å². The van der Waals surface area contributed by atoms with Crippen LogP contribution in [-0.2, 0) is 6.42 Å². The van der Waals surface area contributed by atoms with Crippen molar-refractivity contribution in [2.24, 2.45) is 0 Å². The number of aromatic hydroxyl groups is 1. The van der Waals surface area contributed by atoms with Crippen molar-refractivity contribution >= 4 is 0 Å². The van der Waals surface area contributed by atoms with Crippen LogP contribution in [-0.4, -0.2) is 11.1 Å². The van der Waals surface area contributed by atoms with Gasteiger partial charge in [-0.05, 0) is 44.0 Å². The third kappa shape index (κ3) is 3.81. The van der Waals surface area contributed by atoms with Crippen LogP contribution in [0.1, 0.15) is 31.0 Å². The van der Waals surface area contributed by atoms with E-state index in [1.807, 2.05) is 25.1 Å². The second-order valence-electron chi connectivity index (χ2n) is 5.18. The molecule has 106 valence electrons. The number of phenols is 1. The Morgan fingerprint density at radius 3 is 2.35 bits per heavy atom. The molecule has 20 heavy (non-hydrogen) atoms. The minimum Gasteiger partial charge on any atom is -0.508 e. The molecule has 0 heterocycles. The van der Waals surface area contributed by atoms with Gasteiger partial charge < -0.3 is 10.4 Å². The highest BCUT2D eigenvalue weighted by atomic mass is 19.1. The van der Waals surface area contributed by atoms with E-state index in [-0.39, 0.29) is 17.9 Å². The minimum absolute atomic E-state index is 0.0617. The molecule has 0 bridgehead atoms. The smallest absolute Gasteiger partial charge is 0.123 e. The number of benzene rings is 2. The molecule has 2 aromatic carbocycles. The maximum atomic E-state index is 12.9. The fraction of sp³-hybridized carbons (Fsp3) is 0.294. The molecule has 0 saturated carbocycles. The molecule has 2 N–H and O–H groups in total. The summed E-state index contributed by atoms with van der Waals surface area (Å²) in [5.74, 6) is 0.0958. The molecule has 2 nitrogen and oxygen atoms in total. The molecule has 0 aromatic heterocycles. The fourth-order valence-corrected chi connectivity index (χ4v) is 2.40. The second kappa shape index (κ2) is 6.53. The summed E-state index contributed by atoms with van der Waals surface area (Å²) >= 11 is 0. The monoisotopic (exact) mass is 273 g/mol. The van der Waals surface area contributed by atoms with Gasteiger partial charge in [0.05, 0.1) is 0 Å². The van der Waals surface area contributed by atoms with Crippen LogP contribution in [0.3, 0.4) is 0 Å². The van der Waals surface area contributed by atoms with Crippen LogP contribution in [0.2, 0.25) is 0 Å². The van der Waals surface area contributed by atoms with E-state index in [9.17, 15) is 9.50 Å². The van der Waals surface area contributed by atoms with Gasteiger partial charge in [-0.25, -0.2) is 4.39 Å². The SMILES string of the molecule is CC(Cc1ccc(F)cc1)NC(C)c1ccccc1O. The number of phenolic OH excluding ortho intramolecular Hbond substituents is 1. The zero-order chi connectivity index (χ0) is 14.5. The molecule has 2 rings (SSSR count). The lowest BCUT2D eigenvalue weighted by Crippen LogP contribution is -2.30. The summed E-state index contributed by atoms with van der Waals surface area (Å²) in [5.41, 5.74) is 1.98. The molecule has 0 radical (unpaired) electrons. The van der Waals surface area contributed by atoms with E-state index < -0.39 is 0 Å². The van der Waals surface area contributed by atoms with Crippen molar-refractivity contribution in [3.05, 3.63) is 65.5 Å². The summed E-state index contributed by atoms with van der Waals surface area (Å²) in [6, 6.07) is 14.2. The van der Waals surface area contributed by atoms with Gasteiger partial charge in [-0.2, -0.15) is 0 Å². The minimum atomic E-state index is -0.211. The standard InChI is InChI=1S/C17H20FNO/c1-12(11-14-7-9-15(18)10-8-14)19-13(2)16-5-3-4-6-17(16)20/h3-10,12-13,19-20H,11H2,1-2H3. The molecular weight excluding hydrogens is 253 g/mol. The number of para-hydroxylation sites is 1. The van der Waals surface area contributed by atoms with E-state index in [4.69, 9.17) is 0 Å². The molecule has 2 atom stereocenters. The van der Waals surface area contributed by atoms with Gasteiger partial charge in [0.25, 0.3) is 0 Å². The van der Waals surface area contributed by atoms with Gasteiger partial charge in [0.2, 0.25) is 0 Å². The van der Waals surface area contributed by atoms with Gasteiger partial charge in [0.1, 0.15) is 11.6 Å². The van der Waals surface area contributed by atoms with Crippen molar-refractivity contribution in [1.29, 1.82) is 0 Å². The third-order valence-electron chi connectivity index (χ3n) is 3.39. The lowest BCUT2D eigenvalue weighted by molar-refractivity contribution is 0.433. The maximum absolute atomic E-state index is 12.9. The largest absolute Gasteiger partial charge is 0.508 e. The Hall–Kier alpha value is -1.87. The molecule has 0 aliphatic rings. The van der Waals surface area contributed by atoms with Crippen LogP contribution in [0.4, 0.5) is 4.39 Å². The first kappa shape index (κ1) is 14.5. The van der Waals surface area contributed by atoms with E-state index in [1.54, 1.807) is 18.2 Å². The van der Waals surface area contributed by atoms with E-state index in [0.717, 1.165) is 17.5 Å². The molecule has 2 unspecified atom stereocenters. The lowest BCUT2D eigenvalue weighted by Gasteiger charge is -2.21. The Bertz CT molecular complexity index is 553. The second-order valence-corrected chi connectivity index (χ2v) is 5.18. The van der Waals surface area contributed by atoms with Crippen molar-refractivity contribution < 1.29 is 9.50 Å². The molecule has 3 heteroatoms. The molecule has 2 aromatic rings. The number of nitrogens with one attached hydrogen (secondary N) is 1. The van der Waals surface area contributed by atoms with Gasteiger partial charge >= 0.3 is 0 Å². The predicted molar refractivity (Wildman–Crippen MR) is 79.2 cm³/mol. The van der Waals surface area contributed by atoms with Gasteiger partial charge in [-0.15, -0.1) is 0 Å². The van der Waals surface area contributed by atoms with Gasteiger partial charge in [-0.3, -0.25) is 0 Å². The first-order valence-electron chi connectivity index (χ1n) is 6.84. The van der Waals surface area contributed by atoms with Crippen molar-refractivity contribution in [1.82, 2.24) is 5.32 Å². The van der Waals surface area contributed by atoms with Gasteiger partial charge in [0.15, 0.2) is 0 Å². The summed E-state index contributed by atoms with van der Waals surface area (Å²) in [6.07, 6.45) is 0.818. The molecule has 0 saturated heterocycles. The predicted octanol–water partition coefficient (Wildman–Crippen LogP) is 3.81. The van der Waals surface area contributed by atoms with Crippen molar-refractivity contribution in [3.63, 3.8) is 0 Å². The third-order valence-corrected chi connectivity index (χ3v) is 3.39. The average Bonchev–Trinajstić information content (AvgIpc) is 2.41. The zero-order valence-corrected chi connectivity index (χ0v) is 11.8. The first-order valence-corrected chi connectivity index (χ1v) is 6.84. The molecule has 0 aliphatic carbocycles. The van der Waals surface area contributed by atoms with Crippen molar-refractivity contribution in [2.75, 3.05) is 0 Å². The van der Waals surface area contributed by atoms with Crippen molar-refractivity contribution in [2.45, 2.75) is 32.4 Å². The number of rotatable bonds is 5. The highest BCUT2D eigenvalue weighted by molar-refractivity contribution is 5.34. The Labute approximate surface area is 119 Å². The Morgan fingerprint density at radius 2 is 1.70 bits per heavy atom.